The van der Waals surface area contributed by atoms with Crippen molar-refractivity contribution in [3.63, 3.8) is 0 Å². The van der Waals surface area contributed by atoms with Crippen LogP contribution in [0.2, 0.25) is 0 Å². The molecule has 0 aliphatic carbocycles. The Morgan fingerprint density at radius 3 is 2.79 bits per heavy atom. The number of likely N-dealkylation sites (tertiary alicyclic amines) is 1. The number of amides is 2. The lowest BCUT2D eigenvalue weighted by atomic mass is 9.90. The number of nitrogens with one attached hydrogen (secondary N) is 2. The van der Waals surface area contributed by atoms with Gasteiger partial charge in [-0.25, -0.2) is 13.6 Å². The standard InChI is InChI=1S/C17H26F2N4O/c1-20-17(24)21-9-12-7-8-23(11-15(12)22(2)3)10-13-5-4-6-14(18)16(13)19/h4-6,12,15H,7-11H2,1-3H3,(H2,20,21,24)/t12-,15-/m1/s1. The maximum absolute atomic E-state index is 13.9. The summed E-state index contributed by atoms with van der Waals surface area (Å²) >= 11 is 0. The molecule has 24 heavy (non-hydrogen) atoms. The molecule has 1 aliphatic heterocycles. The van der Waals surface area contributed by atoms with Gasteiger partial charge in [0.1, 0.15) is 0 Å². The van der Waals surface area contributed by atoms with Gasteiger partial charge in [0.05, 0.1) is 0 Å². The first-order chi connectivity index (χ1) is 11.4. The van der Waals surface area contributed by atoms with Crippen LogP contribution in [0.15, 0.2) is 18.2 Å². The van der Waals surface area contributed by atoms with Gasteiger partial charge in [-0.15, -0.1) is 0 Å². The summed E-state index contributed by atoms with van der Waals surface area (Å²) < 4.78 is 27.2. The lowest BCUT2D eigenvalue weighted by Crippen LogP contribution is -2.53. The first-order valence-electron chi connectivity index (χ1n) is 8.19. The van der Waals surface area contributed by atoms with Crippen LogP contribution in [0.5, 0.6) is 0 Å². The Kier molecular flexibility index (Phi) is 6.51. The van der Waals surface area contributed by atoms with E-state index in [1.165, 1.54) is 6.07 Å². The number of benzene rings is 1. The van der Waals surface area contributed by atoms with Gasteiger partial charge in [-0.3, -0.25) is 4.90 Å². The van der Waals surface area contributed by atoms with Gasteiger partial charge >= 0.3 is 6.03 Å². The zero-order valence-electron chi connectivity index (χ0n) is 14.5. The van der Waals surface area contributed by atoms with Gasteiger partial charge in [0, 0.05) is 38.3 Å². The molecular weight excluding hydrogens is 314 g/mol. The molecule has 1 aromatic rings. The lowest BCUT2D eigenvalue weighted by molar-refractivity contribution is 0.0775. The van der Waals surface area contributed by atoms with Crippen molar-refractivity contribution < 1.29 is 13.6 Å². The normalized spacial score (nSPS) is 21.8. The lowest BCUT2D eigenvalue weighted by Gasteiger charge is -2.42. The average Bonchev–Trinajstić information content (AvgIpc) is 2.57. The van der Waals surface area contributed by atoms with E-state index in [-0.39, 0.29) is 12.1 Å². The summed E-state index contributed by atoms with van der Waals surface area (Å²) in [6.45, 7) is 2.54. The van der Waals surface area contributed by atoms with Crippen molar-refractivity contribution in [2.75, 3.05) is 40.8 Å². The molecule has 7 heteroatoms. The van der Waals surface area contributed by atoms with Crippen LogP contribution >= 0.6 is 0 Å². The fraction of sp³-hybridized carbons (Fsp3) is 0.588. The van der Waals surface area contributed by atoms with E-state index in [0.29, 0.717) is 24.6 Å². The van der Waals surface area contributed by atoms with Crippen molar-refractivity contribution in [1.82, 2.24) is 20.4 Å². The van der Waals surface area contributed by atoms with Gasteiger partial charge in [-0.05, 0) is 39.0 Å². The largest absolute Gasteiger partial charge is 0.341 e. The third kappa shape index (κ3) is 4.64. The van der Waals surface area contributed by atoms with Crippen molar-refractivity contribution in [3.05, 3.63) is 35.4 Å². The fourth-order valence-corrected chi connectivity index (χ4v) is 3.24. The second kappa shape index (κ2) is 8.39. The van der Waals surface area contributed by atoms with E-state index in [9.17, 15) is 13.6 Å². The van der Waals surface area contributed by atoms with E-state index in [4.69, 9.17) is 0 Å². The van der Waals surface area contributed by atoms with Gasteiger partial charge in [-0.2, -0.15) is 0 Å². The third-order valence-electron chi connectivity index (χ3n) is 4.65. The van der Waals surface area contributed by atoms with Gasteiger partial charge < -0.3 is 15.5 Å². The molecule has 1 fully saturated rings. The molecule has 2 rings (SSSR count). The van der Waals surface area contributed by atoms with Crippen LogP contribution in [0.25, 0.3) is 0 Å². The molecule has 1 heterocycles. The number of piperidine rings is 1. The van der Waals surface area contributed by atoms with Crippen LogP contribution in [0.3, 0.4) is 0 Å². The predicted octanol–water partition coefficient (Wildman–Crippen LogP) is 1.65. The SMILES string of the molecule is CNC(=O)NC[C@H]1CCN(Cc2cccc(F)c2F)C[C@H]1N(C)C. The van der Waals surface area contributed by atoms with Crippen molar-refractivity contribution in [1.29, 1.82) is 0 Å². The number of carbonyl (C=O) groups is 1. The molecule has 0 saturated carbocycles. The van der Waals surface area contributed by atoms with Crippen molar-refractivity contribution in [2.24, 2.45) is 5.92 Å². The van der Waals surface area contributed by atoms with Gasteiger partial charge in [0.2, 0.25) is 0 Å². The molecule has 2 atom stereocenters. The maximum Gasteiger partial charge on any atom is 0.314 e. The Bertz CT molecular complexity index is 568. The summed E-state index contributed by atoms with van der Waals surface area (Å²) in [5.41, 5.74) is 0.384. The molecule has 1 saturated heterocycles. The van der Waals surface area contributed by atoms with E-state index in [1.54, 1.807) is 13.1 Å². The minimum Gasteiger partial charge on any atom is -0.341 e. The van der Waals surface area contributed by atoms with Crippen LogP contribution in [0, 0.1) is 17.6 Å². The second-order valence-corrected chi connectivity index (χ2v) is 6.49. The number of urea groups is 1. The van der Waals surface area contributed by atoms with Crippen LogP contribution in [0.4, 0.5) is 13.6 Å². The zero-order chi connectivity index (χ0) is 17.7. The molecule has 1 aromatic carbocycles. The smallest absolute Gasteiger partial charge is 0.314 e. The topological polar surface area (TPSA) is 47.6 Å². The van der Waals surface area contributed by atoms with Crippen LogP contribution < -0.4 is 10.6 Å². The molecule has 0 aromatic heterocycles. The quantitative estimate of drug-likeness (QED) is 0.857. The molecule has 0 unspecified atom stereocenters. The average molecular weight is 340 g/mol. The fourth-order valence-electron chi connectivity index (χ4n) is 3.24. The molecule has 2 N–H and O–H groups in total. The van der Waals surface area contributed by atoms with Crippen molar-refractivity contribution >= 4 is 6.03 Å². The highest BCUT2D eigenvalue weighted by Crippen LogP contribution is 2.23. The molecule has 5 nitrogen and oxygen atoms in total. The molecule has 134 valence electrons. The second-order valence-electron chi connectivity index (χ2n) is 6.49. The number of nitrogens with zero attached hydrogens (tertiary/aromatic N) is 2. The number of carbonyl (C=O) groups excluding carboxylic acids is 1. The van der Waals surface area contributed by atoms with Gasteiger partial charge in [0.15, 0.2) is 11.6 Å². The van der Waals surface area contributed by atoms with Crippen molar-refractivity contribution in [2.45, 2.75) is 19.0 Å². The highest BCUT2D eigenvalue weighted by molar-refractivity contribution is 5.73. The Morgan fingerprint density at radius 1 is 1.38 bits per heavy atom. The molecule has 0 bridgehead atoms. The first-order valence-corrected chi connectivity index (χ1v) is 8.19. The number of hydrogen-bond acceptors (Lipinski definition) is 3. The van der Waals surface area contributed by atoms with E-state index in [0.717, 1.165) is 25.6 Å². The molecule has 1 aliphatic rings. The zero-order valence-corrected chi connectivity index (χ0v) is 14.5. The number of hydrogen-bond donors (Lipinski definition) is 2. The Balaban J connectivity index is 1.99. The third-order valence-corrected chi connectivity index (χ3v) is 4.65. The molecule has 0 radical (unpaired) electrons. The summed E-state index contributed by atoms with van der Waals surface area (Å²) in [5.74, 6) is -1.24. The first kappa shape index (κ1) is 18.6. The minimum atomic E-state index is -0.804. The maximum atomic E-state index is 13.9. The summed E-state index contributed by atoms with van der Waals surface area (Å²) in [6, 6.07) is 4.36. The van der Waals surface area contributed by atoms with Crippen LogP contribution in [0.1, 0.15) is 12.0 Å². The summed E-state index contributed by atoms with van der Waals surface area (Å²) in [6.07, 6.45) is 0.893. The number of rotatable bonds is 5. The predicted molar refractivity (Wildman–Crippen MR) is 89.7 cm³/mol. The van der Waals surface area contributed by atoms with Gasteiger partial charge in [-0.1, -0.05) is 12.1 Å². The van der Waals surface area contributed by atoms with E-state index < -0.39 is 11.6 Å². The molecular formula is C17H26F2N4O. The van der Waals surface area contributed by atoms with Crippen LogP contribution in [-0.2, 0) is 6.54 Å². The summed E-state index contributed by atoms with van der Waals surface area (Å²) in [4.78, 5) is 15.6. The monoisotopic (exact) mass is 340 g/mol. The van der Waals surface area contributed by atoms with Crippen LogP contribution in [-0.4, -0.2) is 62.7 Å². The van der Waals surface area contributed by atoms with E-state index in [1.807, 2.05) is 14.1 Å². The highest BCUT2D eigenvalue weighted by Gasteiger charge is 2.31. The highest BCUT2D eigenvalue weighted by atomic mass is 19.2. The molecule has 0 spiro atoms. The van der Waals surface area contributed by atoms with E-state index in [2.05, 4.69) is 20.4 Å². The van der Waals surface area contributed by atoms with Crippen molar-refractivity contribution in [3.8, 4) is 0 Å². The van der Waals surface area contributed by atoms with Gasteiger partial charge in [0.25, 0.3) is 0 Å². The number of halogens is 2. The Hall–Kier alpha value is -1.73. The van der Waals surface area contributed by atoms with E-state index >= 15 is 0 Å². The Labute approximate surface area is 142 Å². The Morgan fingerprint density at radius 2 is 2.12 bits per heavy atom. The minimum absolute atomic E-state index is 0.184. The summed E-state index contributed by atoms with van der Waals surface area (Å²) in [7, 11) is 5.60. The summed E-state index contributed by atoms with van der Waals surface area (Å²) in [5, 5.41) is 5.41. The molecule has 2 amide bonds. The number of likely N-dealkylation sites (N-methyl/N-ethyl adjacent to an activating group) is 1.